The molecule has 0 N–H and O–H groups in total. The van der Waals surface area contributed by atoms with Gasteiger partial charge in [-0.05, 0) is 42.7 Å². The van der Waals surface area contributed by atoms with E-state index in [2.05, 4.69) is 21.6 Å². The van der Waals surface area contributed by atoms with E-state index in [-0.39, 0.29) is 5.75 Å². The second-order valence-corrected chi connectivity index (χ2v) is 10.0. The second-order valence-electron chi connectivity index (χ2n) is 10.0. The number of ether oxygens (including phenoxy) is 1. The number of aryl methyl sites for hydroxylation is 1. The minimum Gasteiger partial charge on any atom is -0.457 e. The Hall–Kier alpha value is -3.05. The standard InChI is InChI=1S/C30H37F7N2O3/c1-2-3-4-5-6-7-8-9-10-19-17-38-30(39-18-19)20-11-13-21(14-12-20)42-29(37)26(36)28(41)25(35)24(34)27(40)23(33)22(32)15-16-31/h11-14,17-18,22-26,29H,2-10,15-16H2,1H3. The Morgan fingerprint density at radius 3 is 1.81 bits per heavy atom. The monoisotopic (exact) mass is 606 g/mol. The van der Waals surface area contributed by atoms with Crippen molar-refractivity contribution in [1.29, 1.82) is 0 Å². The second kappa shape index (κ2) is 18.5. The largest absolute Gasteiger partial charge is 0.457 e. The molecule has 5 nitrogen and oxygen atoms in total. The van der Waals surface area contributed by atoms with Crippen LogP contribution in [-0.2, 0) is 16.0 Å². The third kappa shape index (κ3) is 11.0. The highest BCUT2D eigenvalue weighted by molar-refractivity contribution is 5.97. The molecule has 0 bridgehead atoms. The molecule has 2 aromatic rings. The predicted molar refractivity (Wildman–Crippen MR) is 144 cm³/mol. The SMILES string of the molecule is CCCCCCCCCCc1cnc(-c2ccc(OC(F)C(F)C(=O)C(F)C(F)C(=O)C(F)C(F)CCF)cc2)nc1. The van der Waals surface area contributed by atoms with Gasteiger partial charge in [-0.2, -0.15) is 4.39 Å². The molecule has 6 unspecified atom stereocenters. The van der Waals surface area contributed by atoms with Gasteiger partial charge in [0.15, 0.2) is 24.3 Å². The summed E-state index contributed by atoms with van der Waals surface area (Å²) in [6.07, 6.45) is -6.95. The number of nitrogens with zero attached hydrogens (tertiary/aromatic N) is 2. The van der Waals surface area contributed by atoms with Crippen molar-refractivity contribution in [1.82, 2.24) is 9.97 Å². The zero-order valence-corrected chi connectivity index (χ0v) is 23.5. The van der Waals surface area contributed by atoms with Crippen LogP contribution in [0.4, 0.5) is 30.7 Å². The van der Waals surface area contributed by atoms with Crippen molar-refractivity contribution in [3.05, 3.63) is 42.2 Å². The van der Waals surface area contributed by atoms with Gasteiger partial charge in [0, 0.05) is 24.4 Å². The van der Waals surface area contributed by atoms with E-state index in [1.165, 1.54) is 62.8 Å². The molecule has 0 aliphatic carbocycles. The number of hydrogen-bond acceptors (Lipinski definition) is 5. The number of benzene rings is 1. The van der Waals surface area contributed by atoms with Crippen LogP contribution in [0.5, 0.6) is 5.75 Å². The van der Waals surface area contributed by atoms with Gasteiger partial charge in [-0.3, -0.25) is 14.0 Å². The third-order valence-electron chi connectivity index (χ3n) is 6.66. The zero-order chi connectivity index (χ0) is 31.1. The minimum absolute atomic E-state index is 0.272. The van der Waals surface area contributed by atoms with E-state index in [4.69, 9.17) is 0 Å². The van der Waals surface area contributed by atoms with Crippen molar-refractivity contribution < 1.29 is 45.1 Å². The van der Waals surface area contributed by atoms with Crippen LogP contribution in [0, 0.1) is 0 Å². The predicted octanol–water partition coefficient (Wildman–Crippen LogP) is 7.69. The summed E-state index contributed by atoms with van der Waals surface area (Å²) in [6, 6.07) is 5.30. The van der Waals surface area contributed by atoms with Gasteiger partial charge in [0.25, 0.3) is 6.36 Å². The van der Waals surface area contributed by atoms with Gasteiger partial charge in [0.1, 0.15) is 11.9 Å². The maximum atomic E-state index is 14.2. The molecule has 0 spiro atoms. The minimum atomic E-state index is -3.62. The molecule has 12 heteroatoms. The van der Waals surface area contributed by atoms with Gasteiger partial charge in [-0.15, -0.1) is 0 Å². The summed E-state index contributed by atoms with van der Waals surface area (Å²) < 4.78 is 100. The number of carbonyl (C=O) groups excluding carboxylic acids is 2. The number of alkyl halides is 7. The van der Waals surface area contributed by atoms with Gasteiger partial charge >= 0.3 is 0 Å². The fraction of sp³-hybridized carbons (Fsp3) is 0.600. The summed E-state index contributed by atoms with van der Waals surface area (Å²) in [6.45, 7) is 0.812. The van der Waals surface area contributed by atoms with Crippen LogP contribution in [0.3, 0.4) is 0 Å². The topological polar surface area (TPSA) is 69.2 Å². The van der Waals surface area contributed by atoms with E-state index in [0.717, 1.165) is 24.8 Å². The number of rotatable bonds is 21. The molecule has 1 heterocycles. The molecule has 0 saturated heterocycles. The highest BCUT2D eigenvalue weighted by atomic mass is 19.2. The number of carbonyl (C=O) groups is 2. The Morgan fingerprint density at radius 2 is 1.26 bits per heavy atom. The molecule has 0 aliphatic rings. The summed E-state index contributed by atoms with van der Waals surface area (Å²) in [4.78, 5) is 31.9. The van der Waals surface area contributed by atoms with Gasteiger partial charge in [-0.1, -0.05) is 51.9 Å². The fourth-order valence-electron chi connectivity index (χ4n) is 4.12. The molecule has 0 aliphatic heterocycles. The first-order chi connectivity index (χ1) is 20.1. The molecule has 0 fully saturated rings. The molecule has 0 radical (unpaired) electrons. The normalized spacial score (nSPS) is 15.8. The number of unbranched alkanes of at least 4 members (excludes halogenated alkanes) is 7. The van der Waals surface area contributed by atoms with Crippen molar-refractivity contribution in [3.63, 3.8) is 0 Å². The zero-order valence-electron chi connectivity index (χ0n) is 23.5. The Morgan fingerprint density at radius 1 is 0.738 bits per heavy atom. The van der Waals surface area contributed by atoms with E-state index in [9.17, 15) is 40.3 Å². The Labute approximate surface area is 241 Å². The maximum Gasteiger partial charge on any atom is 0.276 e. The summed E-state index contributed by atoms with van der Waals surface area (Å²) in [5, 5.41) is 0. The van der Waals surface area contributed by atoms with E-state index in [1.807, 2.05) is 0 Å². The molecule has 42 heavy (non-hydrogen) atoms. The Bertz CT molecular complexity index is 1080. The highest BCUT2D eigenvalue weighted by Crippen LogP contribution is 2.24. The van der Waals surface area contributed by atoms with Crippen molar-refractivity contribution in [2.45, 2.75) is 108 Å². The summed E-state index contributed by atoms with van der Waals surface area (Å²) in [7, 11) is 0. The van der Waals surface area contributed by atoms with Crippen LogP contribution >= 0.6 is 0 Å². The lowest BCUT2D eigenvalue weighted by molar-refractivity contribution is -0.145. The van der Waals surface area contributed by atoms with Crippen LogP contribution in [0.25, 0.3) is 11.4 Å². The lowest BCUT2D eigenvalue weighted by atomic mass is 9.99. The number of hydrogen-bond donors (Lipinski definition) is 0. The molecule has 2 rings (SSSR count). The molecule has 1 aromatic heterocycles. The number of ketones is 2. The molecular formula is C30H37F7N2O3. The Kier molecular flexibility index (Phi) is 15.5. The molecule has 0 amide bonds. The first-order valence-corrected chi connectivity index (χ1v) is 14.2. The lowest BCUT2D eigenvalue weighted by Gasteiger charge is -2.19. The van der Waals surface area contributed by atoms with Crippen LogP contribution < -0.4 is 4.74 Å². The Balaban J connectivity index is 1.85. The van der Waals surface area contributed by atoms with E-state index in [1.54, 1.807) is 12.4 Å². The quantitative estimate of drug-likeness (QED) is 0.108. The van der Waals surface area contributed by atoms with Crippen molar-refractivity contribution in [2.24, 2.45) is 0 Å². The molecule has 6 atom stereocenters. The maximum absolute atomic E-state index is 14.2. The molecular weight excluding hydrogens is 569 g/mol. The molecule has 1 aromatic carbocycles. The fourth-order valence-corrected chi connectivity index (χ4v) is 4.12. The van der Waals surface area contributed by atoms with Crippen molar-refractivity contribution in [3.8, 4) is 17.1 Å². The van der Waals surface area contributed by atoms with Crippen LogP contribution in [0.1, 0.15) is 70.3 Å². The average molecular weight is 607 g/mol. The van der Waals surface area contributed by atoms with Gasteiger partial charge in [0.2, 0.25) is 17.7 Å². The number of halogens is 7. The van der Waals surface area contributed by atoms with Gasteiger partial charge in [-0.25, -0.2) is 31.9 Å². The summed E-state index contributed by atoms with van der Waals surface area (Å²) in [5.74, 6) is -4.62. The van der Waals surface area contributed by atoms with Crippen molar-refractivity contribution in [2.75, 3.05) is 6.67 Å². The lowest BCUT2D eigenvalue weighted by Crippen LogP contribution is -2.46. The third-order valence-corrected chi connectivity index (χ3v) is 6.66. The average Bonchev–Trinajstić information content (AvgIpc) is 3.00. The number of aromatic nitrogens is 2. The summed E-state index contributed by atoms with van der Waals surface area (Å²) >= 11 is 0. The molecule has 0 saturated carbocycles. The van der Waals surface area contributed by atoms with Crippen LogP contribution in [-0.4, -0.2) is 65.4 Å². The molecule has 234 valence electrons. The summed E-state index contributed by atoms with van der Waals surface area (Å²) in [5.41, 5.74) is 1.50. The smallest absolute Gasteiger partial charge is 0.276 e. The highest BCUT2D eigenvalue weighted by Gasteiger charge is 2.45. The first kappa shape index (κ1) is 35.1. The number of Topliss-reactive ketones (excluding diaryl/α,β-unsaturated/α-hetero) is 2. The van der Waals surface area contributed by atoms with Crippen LogP contribution in [0.2, 0.25) is 0 Å². The van der Waals surface area contributed by atoms with Gasteiger partial charge in [0.05, 0.1) is 6.67 Å². The van der Waals surface area contributed by atoms with E-state index in [0.29, 0.717) is 11.4 Å². The van der Waals surface area contributed by atoms with Crippen LogP contribution in [0.15, 0.2) is 36.7 Å². The van der Waals surface area contributed by atoms with E-state index < -0.39 is 61.9 Å². The van der Waals surface area contributed by atoms with Gasteiger partial charge < -0.3 is 4.74 Å². The first-order valence-electron chi connectivity index (χ1n) is 14.2. The van der Waals surface area contributed by atoms with E-state index >= 15 is 0 Å². The van der Waals surface area contributed by atoms with Crippen molar-refractivity contribution >= 4 is 11.6 Å².